The van der Waals surface area contributed by atoms with Crippen LogP contribution in [0.4, 0.5) is 0 Å². The Labute approximate surface area is 183 Å². The van der Waals surface area contributed by atoms with Crippen LogP contribution in [0.1, 0.15) is 72.9 Å². The van der Waals surface area contributed by atoms with Crippen molar-refractivity contribution in [2.75, 3.05) is 26.8 Å². The van der Waals surface area contributed by atoms with Gasteiger partial charge in [-0.15, -0.1) is 0 Å². The van der Waals surface area contributed by atoms with E-state index >= 15 is 0 Å². The standard InChI is InChI=1S/C24H31N3O4/c1-29-20-7-3-6-19(15-20)23(28)27-11-9-24(10-12-27)16-17(8-13-30-24)14-21-25-22(31-26-21)18-4-2-5-18/h3,6-7,15,17-18H,2,4-5,8-14,16H2,1H3. The second kappa shape index (κ2) is 8.61. The predicted molar refractivity (Wildman–Crippen MR) is 114 cm³/mol. The number of amides is 1. The minimum Gasteiger partial charge on any atom is -0.497 e. The molecule has 0 radical (unpaired) electrons. The molecule has 5 rings (SSSR count). The van der Waals surface area contributed by atoms with Crippen molar-refractivity contribution in [2.24, 2.45) is 5.92 Å². The molecule has 31 heavy (non-hydrogen) atoms. The summed E-state index contributed by atoms with van der Waals surface area (Å²) >= 11 is 0. The Kier molecular flexibility index (Phi) is 5.69. The van der Waals surface area contributed by atoms with Crippen molar-refractivity contribution >= 4 is 5.91 Å². The third kappa shape index (κ3) is 4.33. The van der Waals surface area contributed by atoms with Gasteiger partial charge in [0.25, 0.3) is 5.91 Å². The van der Waals surface area contributed by atoms with Gasteiger partial charge in [-0.25, -0.2) is 0 Å². The Morgan fingerprint density at radius 3 is 2.84 bits per heavy atom. The molecule has 7 heteroatoms. The maximum absolute atomic E-state index is 12.9. The zero-order chi connectivity index (χ0) is 21.3. The van der Waals surface area contributed by atoms with Gasteiger partial charge in [0, 0.05) is 37.6 Å². The van der Waals surface area contributed by atoms with Crippen LogP contribution < -0.4 is 4.74 Å². The number of hydrogen-bond donors (Lipinski definition) is 0. The Bertz CT molecular complexity index is 915. The molecule has 1 spiro atoms. The van der Waals surface area contributed by atoms with Crippen LogP contribution in [0.5, 0.6) is 5.75 Å². The minimum atomic E-state index is -0.130. The quantitative estimate of drug-likeness (QED) is 0.721. The van der Waals surface area contributed by atoms with Gasteiger partial charge in [-0.05, 0) is 62.6 Å². The van der Waals surface area contributed by atoms with Crippen molar-refractivity contribution in [2.45, 2.75) is 62.9 Å². The topological polar surface area (TPSA) is 77.7 Å². The van der Waals surface area contributed by atoms with E-state index < -0.39 is 0 Å². The van der Waals surface area contributed by atoms with Gasteiger partial charge < -0.3 is 18.9 Å². The van der Waals surface area contributed by atoms with Crippen molar-refractivity contribution in [3.63, 3.8) is 0 Å². The van der Waals surface area contributed by atoms with E-state index in [0.717, 1.165) is 63.5 Å². The highest BCUT2D eigenvalue weighted by Gasteiger charge is 2.41. The first-order chi connectivity index (χ1) is 15.1. The van der Waals surface area contributed by atoms with Gasteiger partial charge >= 0.3 is 0 Å². The largest absolute Gasteiger partial charge is 0.497 e. The number of carbonyl (C=O) groups excluding carboxylic acids is 1. The molecule has 0 N–H and O–H groups in total. The number of benzene rings is 1. The zero-order valence-corrected chi connectivity index (χ0v) is 18.2. The van der Waals surface area contributed by atoms with Gasteiger partial charge in [-0.1, -0.05) is 17.6 Å². The fraction of sp³-hybridized carbons (Fsp3) is 0.625. The number of ether oxygens (including phenoxy) is 2. The molecule has 0 bridgehead atoms. The van der Waals surface area contributed by atoms with Crippen LogP contribution in [0.25, 0.3) is 0 Å². The summed E-state index contributed by atoms with van der Waals surface area (Å²) in [5, 5.41) is 4.24. The number of rotatable bonds is 5. The molecule has 1 atom stereocenters. The molecule has 1 aliphatic carbocycles. The predicted octanol–water partition coefficient (Wildman–Crippen LogP) is 3.99. The van der Waals surface area contributed by atoms with Crippen molar-refractivity contribution in [1.82, 2.24) is 15.0 Å². The second-order valence-corrected chi connectivity index (χ2v) is 9.30. The summed E-state index contributed by atoms with van der Waals surface area (Å²) in [7, 11) is 1.62. The summed E-state index contributed by atoms with van der Waals surface area (Å²) < 4.78 is 17.1. The van der Waals surface area contributed by atoms with Crippen molar-refractivity contribution in [1.29, 1.82) is 0 Å². The second-order valence-electron chi connectivity index (χ2n) is 9.30. The number of likely N-dealkylation sites (tertiary alicyclic amines) is 1. The van der Waals surface area contributed by atoms with E-state index in [1.54, 1.807) is 7.11 Å². The molecule has 2 aromatic rings. The molecule has 3 fully saturated rings. The molecule has 2 aliphatic heterocycles. The Morgan fingerprint density at radius 1 is 1.26 bits per heavy atom. The lowest BCUT2D eigenvalue weighted by molar-refractivity contribution is -0.123. The van der Waals surface area contributed by atoms with Crippen LogP contribution in [-0.4, -0.2) is 53.4 Å². The fourth-order valence-corrected chi connectivity index (χ4v) is 5.14. The van der Waals surface area contributed by atoms with Crippen LogP contribution in [0, 0.1) is 5.92 Å². The van der Waals surface area contributed by atoms with E-state index in [2.05, 4.69) is 10.1 Å². The van der Waals surface area contributed by atoms with Crippen molar-refractivity contribution < 1.29 is 18.8 Å². The molecule has 1 unspecified atom stereocenters. The highest BCUT2D eigenvalue weighted by Crippen LogP contribution is 2.39. The van der Waals surface area contributed by atoms with E-state index in [-0.39, 0.29) is 11.5 Å². The van der Waals surface area contributed by atoms with Crippen LogP contribution in [-0.2, 0) is 11.2 Å². The molecule has 3 heterocycles. The Morgan fingerprint density at radius 2 is 2.10 bits per heavy atom. The van der Waals surface area contributed by atoms with Gasteiger partial charge in [0.05, 0.1) is 12.7 Å². The highest BCUT2D eigenvalue weighted by atomic mass is 16.5. The lowest BCUT2D eigenvalue weighted by Crippen LogP contribution is -2.51. The molecule has 1 aromatic heterocycles. The molecule has 1 amide bonds. The van der Waals surface area contributed by atoms with Crippen LogP contribution in [0.15, 0.2) is 28.8 Å². The van der Waals surface area contributed by atoms with E-state index in [0.29, 0.717) is 23.1 Å². The summed E-state index contributed by atoms with van der Waals surface area (Å²) in [6.07, 6.45) is 8.25. The molecular formula is C24H31N3O4. The molecule has 7 nitrogen and oxygen atoms in total. The van der Waals surface area contributed by atoms with Gasteiger partial charge in [-0.3, -0.25) is 4.79 Å². The molecule has 1 saturated carbocycles. The van der Waals surface area contributed by atoms with E-state index in [1.807, 2.05) is 29.2 Å². The number of piperidine rings is 1. The summed E-state index contributed by atoms with van der Waals surface area (Å²) in [6.45, 7) is 2.20. The van der Waals surface area contributed by atoms with E-state index in [4.69, 9.17) is 14.0 Å². The Balaban J connectivity index is 1.17. The third-order valence-electron chi connectivity index (χ3n) is 7.28. The maximum Gasteiger partial charge on any atom is 0.253 e. The van der Waals surface area contributed by atoms with Crippen LogP contribution in [0.3, 0.4) is 0 Å². The van der Waals surface area contributed by atoms with Gasteiger partial charge in [0.1, 0.15) is 5.75 Å². The van der Waals surface area contributed by atoms with Crippen molar-refractivity contribution in [3.05, 3.63) is 41.5 Å². The van der Waals surface area contributed by atoms with Gasteiger partial charge in [0.2, 0.25) is 5.89 Å². The Hall–Kier alpha value is -2.41. The number of nitrogens with zero attached hydrogens (tertiary/aromatic N) is 3. The third-order valence-corrected chi connectivity index (χ3v) is 7.28. The normalized spacial score (nSPS) is 23.5. The summed E-state index contributed by atoms with van der Waals surface area (Å²) in [5.41, 5.74) is 0.548. The average molecular weight is 426 g/mol. The SMILES string of the molecule is COc1cccc(C(=O)N2CCC3(CC2)CC(Cc2noc(C4CCC4)n2)CCO3)c1. The zero-order valence-electron chi connectivity index (χ0n) is 18.2. The monoisotopic (exact) mass is 425 g/mol. The molecular weight excluding hydrogens is 394 g/mol. The van der Waals surface area contributed by atoms with Crippen molar-refractivity contribution in [3.8, 4) is 5.75 Å². The molecule has 2 saturated heterocycles. The first-order valence-electron chi connectivity index (χ1n) is 11.5. The first kappa shape index (κ1) is 20.5. The minimum absolute atomic E-state index is 0.0661. The number of methoxy groups -OCH3 is 1. The molecule has 3 aliphatic rings. The number of hydrogen-bond acceptors (Lipinski definition) is 6. The number of carbonyl (C=O) groups is 1. The summed E-state index contributed by atoms with van der Waals surface area (Å²) in [5.74, 6) is 3.42. The summed E-state index contributed by atoms with van der Waals surface area (Å²) in [6, 6.07) is 7.38. The number of aromatic nitrogens is 2. The van der Waals surface area contributed by atoms with E-state index in [1.165, 1.54) is 19.3 Å². The van der Waals surface area contributed by atoms with Crippen LogP contribution >= 0.6 is 0 Å². The van der Waals surface area contributed by atoms with Gasteiger partial charge in [0.15, 0.2) is 5.82 Å². The fourth-order valence-electron chi connectivity index (χ4n) is 5.14. The average Bonchev–Trinajstić information content (AvgIpc) is 3.20. The summed E-state index contributed by atoms with van der Waals surface area (Å²) in [4.78, 5) is 19.5. The molecule has 166 valence electrons. The van der Waals surface area contributed by atoms with Gasteiger partial charge in [-0.2, -0.15) is 4.98 Å². The molecule has 1 aromatic carbocycles. The lowest BCUT2D eigenvalue weighted by atomic mass is 9.78. The smallest absolute Gasteiger partial charge is 0.253 e. The first-order valence-corrected chi connectivity index (χ1v) is 11.5. The van der Waals surface area contributed by atoms with Crippen LogP contribution in [0.2, 0.25) is 0 Å². The van der Waals surface area contributed by atoms with E-state index in [9.17, 15) is 4.79 Å². The lowest BCUT2D eigenvalue weighted by Gasteiger charge is -2.46. The maximum atomic E-state index is 12.9. The highest BCUT2D eigenvalue weighted by molar-refractivity contribution is 5.94.